The standard InChI is InChI=1S/C11H9N3O3/c1-3-17-11(16)9-5-4-8-10(15)7(12-2)6-13-14(8)9/h4-6,13H,3H2,1H3. The average molecular weight is 231 g/mol. The number of fused-ring (bicyclic) bond motifs is 1. The van der Waals surface area contributed by atoms with E-state index in [9.17, 15) is 9.59 Å². The molecule has 0 bridgehead atoms. The Bertz CT molecular complexity index is 675. The van der Waals surface area contributed by atoms with Crippen molar-refractivity contribution in [3.63, 3.8) is 0 Å². The normalized spacial score (nSPS) is 10.1. The van der Waals surface area contributed by atoms with E-state index >= 15 is 0 Å². The summed E-state index contributed by atoms with van der Waals surface area (Å²) < 4.78 is 6.16. The molecule has 0 aliphatic rings. The predicted molar refractivity (Wildman–Crippen MR) is 60.2 cm³/mol. The highest BCUT2D eigenvalue weighted by molar-refractivity contribution is 5.89. The molecule has 0 aliphatic carbocycles. The Morgan fingerprint density at radius 2 is 2.35 bits per heavy atom. The number of aromatic amines is 1. The number of esters is 1. The summed E-state index contributed by atoms with van der Waals surface area (Å²) in [4.78, 5) is 26.4. The van der Waals surface area contributed by atoms with Crippen LogP contribution in [0.15, 0.2) is 23.1 Å². The van der Waals surface area contributed by atoms with Crippen molar-refractivity contribution in [1.29, 1.82) is 0 Å². The number of nitrogens with one attached hydrogen (secondary N) is 1. The maximum absolute atomic E-state index is 11.7. The third-order valence-electron chi connectivity index (χ3n) is 2.28. The molecule has 6 heteroatoms. The van der Waals surface area contributed by atoms with Crippen molar-refractivity contribution in [1.82, 2.24) is 9.61 Å². The second-order valence-electron chi connectivity index (χ2n) is 3.26. The number of ether oxygens (including phenoxy) is 1. The fraction of sp³-hybridized carbons (Fsp3) is 0.182. The van der Waals surface area contributed by atoms with Crippen molar-refractivity contribution >= 4 is 17.2 Å². The number of nitrogens with zero attached hydrogens (tertiary/aromatic N) is 2. The summed E-state index contributed by atoms with van der Waals surface area (Å²) in [7, 11) is 0. The van der Waals surface area contributed by atoms with E-state index in [1.807, 2.05) is 0 Å². The van der Waals surface area contributed by atoms with Gasteiger partial charge >= 0.3 is 5.97 Å². The predicted octanol–water partition coefficient (Wildman–Crippen LogP) is 1.36. The topological polar surface area (TPSA) is 67.9 Å². The maximum Gasteiger partial charge on any atom is 0.356 e. The Hall–Kier alpha value is -2.55. The molecule has 0 spiro atoms. The van der Waals surface area contributed by atoms with Gasteiger partial charge in [-0.3, -0.25) is 0 Å². The quantitative estimate of drug-likeness (QED) is 0.626. The first-order valence-corrected chi connectivity index (χ1v) is 4.96. The Balaban J connectivity index is 2.65. The van der Waals surface area contributed by atoms with Crippen LogP contribution in [0.4, 0.5) is 5.69 Å². The van der Waals surface area contributed by atoms with E-state index in [2.05, 4.69) is 9.94 Å². The molecule has 2 heterocycles. The molecule has 0 saturated heterocycles. The lowest BCUT2D eigenvalue weighted by atomic mass is 10.4. The molecule has 0 aromatic carbocycles. The Kier molecular flexibility index (Phi) is 2.66. The number of rotatable bonds is 2. The van der Waals surface area contributed by atoms with Crippen LogP contribution in [0.5, 0.6) is 0 Å². The van der Waals surface area contributed by atoms with E-state index < -0.39 is 11.4 Å². The smallest absolute Gasteiger partial charge is 0.356 e. The average Bonchev–Trinajstić information content (AvgIpc) is 2.74. The highest BCUT2D eigenvalue weighted by Crippen LogP contribution is 2.10. The van der Waals surface area contributed by atoms with Crippen LogP contribution in [-0.4, -0.2) is 22.2 Å². The molecule has 6 nitrogen and oxygen atoms in total. The van der Waals surface area contributed by atoms with E-state index in [0.717, 1.165) is 0 Å². The van der Waals surface area contributed by atoms with Gasteiger partial charge in [-0.05, 0) is 19.1 Å². The first-order chi connectivity index (χ1) is 8.19. The Morgan fingerprint density at radius 1 is 1.59 bits per heavy atom. The van der Waals surface area contributed by atoms with Crippen LogP contribution in [0.1, 0.15) is 17.4 Å². The molecule has 86 valence electrons. The minimum absolute atomic E-state index is 0.00833. The van der Waals surface area contributed by atoms with Gasteiger partial charge in [0.05, 0.1) is 18.7 Å². The minimum atomic E-state index is -0.515. The minimum Gasteiger partial charge on any atom is -0.461 e. The lowest BCUT2D eigenvalue weighted by Crippen LogP contribution is -2.13. The van der Waals surface area contributed by atoms with E-state index in [1.54, 1.807) is 6.92 Å². The number of carbonyl (C=O) groups excluding carboxylic acids is 1. The highest BCUT2D eigenvalue weighted by Gasteiger charge is 2.14. The fourth-order valence-corrected chi connectivity index (χ4v) is 1.52. The van der Waals surface area contributed by atoms with Gasteiger partial charge in [-0.15, -0.1) is 0 Å². The third kappa shape index (κ3) is 1.67. The van der Waals surface area contributed by atoms with E-state index in [4.69, 9.17) is 11.3 Å². The molecule has 0 saturated carbocycles. The molecular formula is C11H9N3O3. The van der Waals surface area contributed by atoms with Crippen LogP contribution in [0.2, 0.25) is 0 Å². The first-order valence-electron chi connectivity index (χ1n) is 4.96. The number of carbonyl (C=O) groups is 1. The van der Waals surface area contributed by atoms with Crippen molar-refractivity contribution in [2.45, 2.75) is 6.92 Å². The van der Waals surface area contributed by atoms with Crippen molar-refractivity contribution in [2.24, 2.45) is 0 Å². The van der Waals surface area contributed by atoms with Crippen molar-refractivity contribution < 1.29 is 9.53 Å². The molecule has 0 atom stereocenters. The van der Waals surface area contributed by atoms with Crippen LogP contribution in [0, 0.1) is 6.57 Å². The van der Waals surface area contributed by atoms with Gasteiger partial charge in [-0.1, -0.05) is 0 Å². The molecule has 0 aliphatic heterocycles. The molecule has 17 heavy (non-hydrogen) atoms. The second kappa shape index (κ2) is 4.14. The van der Waals surface area contributed by atoms with Crippen LogP contribution in [-0.2, 0) is 4.74 Å². The van der Waals surface area contributed by atoms with Crippen LogP contribution in [0.3, 0.4) is 0 Å². The van der Waals surface area contributed by atoms with Crippen LogP contribution >= 0.6 is 0 Å². The van der Waals surface area contributed by atoms with E-state index in [0.29, 0.717) is 0 Å². The summed E-state index contributed by atoms with van der Waals surface area (Å²) in [6, 6.07) is 2.97. The largest absolute Gasteiger partial charge is 0.461 e. The first kappa shape index (κ1) is 11.0. The van der Waals surface area contributed by atoms with Crippen molar-refractivity contribution in [2.75, 3.05) is 6.61 Å². The molecule has 0 fully saturated rings. The van der Waals surface area contributed by atoms with Gasteiger partial charge in [-0.2, -0.15) is 0 Å². The molecule has 2 rings (SSSR count). The summed E-state index contributed by atoms with van der Waals surface area (Å²) >= 11 is 0. The zero-order valence-electron chi connectivity index (χ0n) is 9.06. The summed E-state index contributed by atoms with van der Waals surface area (Å²) in [6.07, 6.45) is 1.27. The third-order valence-corrected chi connectivity index (χ3v) is 2.28. The van der Waals surface area contributed by atoms with Crippen LogP contribution in [0.25, 0.3) is 10.4 Å². The molecular weight excluding hydrogens is 222 g/mol. The molecule has 0 amide bonds. The number of hydrogen-bond donors (Lipinski definition) is 1. The maximum atomic E-state index is 11.7. The molecule has 2 aromatic rings. The van der Waals surface area contributed by atoms with Gasteiger partial charge in [-0.25, -0.2) is 14.2 Å². The summed E-state index contributed by atoms with van der Waals surface area (Å²) in [5.74, 6) is -0.515. The van der Waals surface area contributed by atoms with Gasteiger partial charge in [0.15, 0.2) is 0 Å². The number of aromatic nitrogens is 2. The molecule has 1 N–H and O–H groups in total. The number of H-pyrrole nitrogens is 1. The SMILES string of the molecule is [C-]#[N+]c1c[nH]n2c(C(=O)OCC)ccc2c1=O. The molecule has 0 unspecified atom stereocenters. The summed E-state index contributed by atoms with van der Waals surface area (Å²) in [6.45, 7) is 8.78. The lowest BCUT2D eigenvalue weighted by Gasteiger charge is -2.02. The Labute approximate surface area is 96.2 Å². The fourth-order valence-electron chi connectivity index (χ4n) is 1.52. The van der Waals surface area contributed by atoms with Gasteiger partial charge < -0.3 is 14.6 Å². The van der Waals surface area contributed by atoms with E-state index in [1.165, 1.54) is 22.8 Å². The molecule has 0 radical (unpaired) electrons. The molecule has 2 aromatic heterocycles. The zero-order chi connectivity index (χ0) is 12.4. The Morgan fingerprint density at radius 3 is 3.00 bits per heavy atom. The lowest BCUT2D eigenvalue weighted by molar-refractivity contribution is 0.0517. The van der Waals surface area contributed by atoms with Gasteiger partial charge in [0.2, 0.25) is 5.43 Å². The van der Waals surface area contributed by atoms with Crippen molar-refractivity contribution in [3.05, 3.63) is 45.7 Å². The van der Waals surface area contributed by atoms with Crippen molar-refractivity contribution in [3.8, 4) is 0 Å². The summed E-state index contributed by atoms with van der Waals surface area (Å²) in [5, 5.41) is 2.70. The van der Waals surface area contributed by atoms with Gasteiger partial charge in [0.1, 0.15) is 5.69 Å². The summed E-state index contributed by atoms with van der Waals surface area (Å²) in [5.41, 5.74) is 0.0670. The van der Waals surface area contributed by atoms with E-state index in [-0.39, 0.29) is 23.5 Å². The van der Waals surface area contributed by atoms with Gasteiger partial charge in [0, 0.05) is 6.20 Å². The second-order valence-corrected chi connectivity index (χ2v) is 3.26. The van der Waals surface area contributed by atoms with Crippen LogP contribution < -0.4 is 5.43 Å². The van der Waals surface area contributed by atoms with Gasteiger partial charge in [0.25, 0.3) is 5.69 Å². The number of hydrogen-bond acceptors (Lipinski definition) is 3. The monoisotopic (exact) mass is 231 g/mol. The zero-order valence-corrected chi connectivity index (χ0v) is 9.06. The highest BCUT2D eigenvalue weighted by atomic mass is 16.5.